The van der Waals surface area contributed by atoms with Gasteiger partial charge in [0.15, 0.2) is 0 Å². The molecule has 5 N–H and O–H groups in total. The van der Waals surface area contributed by atoms with Crippen molar-refractivity contribution in [1.82, 2.24) is 5.32 Å². The quantitative estimate of drug-likeness (QED) is 0.477. The van der Waals surface area contributed by atoms with Gasteiger partial charge in [0.1, 0.15) is 0 Å². The highest BCUT2D eigenvalue weighted by molar-refractivity contribution is 6.01. The Labute approximate surface area is 86.2 Å². The van der Waals surface area contributed by atoms with Crippen LogP contribution in [0.2, 0.25) is 0 Å². The Bertz CT molecular complexity index is 260. The zero-order valence-electron chi connectivity index (χ0n) is 8.12. The molecule has 1 saturated heterocycles. The molecule has 84 valence electrons. The summed E-state index contributed by atoms with van der Waals surface area (Å²) in [6.07, 6.45) is 0.850. The van der Waals surface area contributed by atoms with E-state index in [1.54, 1.807) is 0 Å². The number of carbonyl (C=O) groups excluding carboxylic acids is 4. The number of amides is 4. The van der Waals surface area contributed by atoms with Crippen LogP contribution in [0.5, 0.6) is 0 Å². The summed E-state index contributed by atoms with van der Waals surface area (Å²) in [5, 5.41) is 2.14. The van der Waals surface area contributed by atoms with Crippen LogP contribution in [0.25, 0.3) is 0 Å². The van der Waals surface area contributed by atoms with E-state index in [0.29, 0.717) is 12.8 Å². The Kier molecular flexibility index (Phi) is 5.69. The normalized spacial score (nSPS) is 13.9. The Morgan fingerprint density at radius 3 is 1.47 bits per heavy atom. The van der Waals surface area contributed by atoms with Crippen LogP contribution in [0.15, 0.2) is 0 Å². The minimum atomic E-state index is -0.496. The molecule has 0 unspecified atom stereocenters. The largest absolute Gasteiger partial charge is 0.370 e. The molecule has 0 atom stereocenters. The second-order valence-corrected chi connectivity index (χ2v) is 2.90. The molecule has 1 fully saturated rings. The number of imide groups is 1. The van der Waals surface area contributed by atoms with Crippen LogP contribution in [0.4, 0.5) is 0 Å². The van der Waals surface area contributed by atoms with Crippen molar-refractivity contribution in [3.8, 4) is 0 Å². The van der Waals surface area contributed by atoms with Gasteiger partial charge < -0.3 is 11.5 Å². The van der Waals surface area contributed by atoms with Crippen LogP contribution in [-0.4, -0.2) is 23.6 Å². The summed E-state index contributed by atoms with van der Waals surface area (Å²) in [7, 11) is 0. The molecule has 0 radical (unpaired) electrons. The maximum absolute atomic E-state index is 10.1. The summed E-state index contributed by atoms with van der Waals surface area (Å²) in [4.78, 5) is 40.1. The van der Waals surface area contributed by atoms with E-state index in [4.69, 9.17) is 11.5 Å². The van der Waals surface area contributed by atoms with Gasteiger partial charge in [-0.2, -0.15) is 0 Å². The lowest BCUT2D eigenvalue weighted by Gasteiger charge is -1.87. The first kappa shape index (κ1) is 13.1. The number of primary amides is 2. The van der Waals surface area contributed by atoms with Crippen molar-refractivity contribution in [3.63, 3.8) is 0 Å². The molecule has 1 aliphatic rings. The molecule has 0 bridgehead atoms. The first-order valence-electron chi connectivity index (χ1n) is 4.31. The van der Waals surface area contributed by atoms with Crippen molar-refractivity contribution in [2.45, 2.75) is 25.7 Å². The van der Waals surface area contributed by atoms with Crippen LogP contribution < -0.4 is 16.8 Å². The zero-order valence-corrected chi connectivity index (χ0v) is 8.12. The van der Waals surface area contributed by atoms with Gasteiger partial charge >= 0.3 is 0 Å². The van der Waals surface area contributed by atoms with E-state index in [9.17, 15) is 19.2 Å². The zero-order chi connectivity index (χ0) is 11.8. The standard InChI is InChI=1S/C4H8N2O2.C4H5NO2/c5-3(7)1-2-4(6)8;6-3-1-2-4(7)5-3/h1-2H2,(H2,5,7)(H2,6,8);1-2H2,(H,5,6,7). The maximum Gasteiger partial charge on any atom is 0.227 e. The topological polar surface area (TPSA) is 132 Å². The van der Waals surface area contributed by atoms with E-state index in [1.807, 2.05) is 0 Å². The van der Waals surface area contributed by atoms with Gasteiger partial charge in [0.25, 0.3) is 0 Å². The first-order chi connectivity index (χ1) is 6.91. The summed E-state index contributed by atoms with van der Waals surface area (Å²) in [6, 6.07) is 0. The van der Waals surface area contributed by atoms with E-state index in [-0.39, 0.29) is 24.7 Å². The third-order valence-corrected chi connectivity index (χ3v) is 1.48. The van der Waals surface area contributed by atoms with Crippen molar-refractivity contribution in [3.05, 3.63) is 0 Å². The van der Waals surface area contributed by atoms with Crippen molar-refractivity contribution in [1.29, 1.82) is 0 Å². The van der Waals surface area contributed by atoms with Gasteiger partial charge in [-0.15, -0.1) is 0 Å². The predicted octanol–water partition coefficient (Wildman–Crippen LogP) is -1.84. The van der Waals surface area contributed by atoms with Crippen LogP contribution in [0.1, 0.15) is 25.7 Å². The molecule has 1 aliphatic heterocycles. The lowest BCUT2D eigenvalue weighted by Crippen LogP contribution is -2.18. The van der Waals surface area contributed by atoms with Crippen molar-refractivity contribution in [2.24, 2.45) is 11.5 Å². The molecule has 0 saturated carbocycles. The SMILES string of the molecule is NC(=O)CCC(N)=O.O=C1CCC(=O)N1. The lowest BCUT2D eigenvalue weighted by molar-refractivity contribution is -0.125. The average Bonchev–Trinajstić information content (AvgIpc) is 2.47. The van der Waals surface area contributed by atoms with E-state index < -0.39 is 11.8 Å². The summed E-state index contributed by atoms with van der Waals surface area (Å²) in [5.74, 6) is -1.29. The molecule has 0 aromatic carbocycles. The monoisotopic (exact) mass is 215 g/mol. The Balaban J connectivity index is 0.000000262. The Morgan fingerprint density at radius 1 is 1.00 bits per heavy atom. The number of carbonyl (C=O) groups is 4. The molecule has 1 rings (SSSR count). The molecule has 7 heteroatoms. The summed E-state index contributed by atoms with van der Waals surface area (Å²) >= 11 is 0. The van der Waals surface area contributed by atoms with E-state index in [0.717, 1.165) is 0 Å². The highest BCUT2D eigenvalue weighted by Crippen LogP contribution is 1.95. The smallest absolute Gasteiger partial charge is 0.227 e. The van der Waals surface area contributed by atoms with E-state index in [2.05, 4.69) is 5.32 Å². The number of hydrogen-bond donors (Lipinski definition) is 3. The molecule has 0 aromatic rings. The lowest BCUT2D eigenvalue weighted by atomic mass is 10.3. The molecule has 0 spiro atoms. The highest BCUT2D eigenvalue weighted by Gasteiger charge is 2.15. The molecule has 0 aliphatic carbocycles. The van der Waals surface area contributed by atoms with Crippen LogP contribution >= 0.6 is 0 Å². The fraction of sp³-hybridized carbons (Fsp3) is 0.500. The van der Waals surface area contributed by atoms with Gasteiger partial charge in [-0.1, -0.05) is 0 Å². The van der Waals surface area contributed by atoms with Gasteiger partial charge in [0.05, 0.1) is 0 Å². The molecule has 15 heavy (non-hydrogen) atoms. The molecular weight excluding hydrogens is 202 g/mol. The van der Waals surface area contributed by atoms with Crippen molar-refractivity contribution < 1.29 is 19.2 Å². The molecule has 0 aromatic heterocycles. The number of hydrogen-bond acceptors (Lipinski definition) is 4. The summed E-state index contributed by atoms with van der Waals surface area (Å²) in [6.45, 7) is 0. The second kappa shape index (κ2) is 6.52. The highest BCUT2D eigenvalue weighted by atomic mass is 16.2. The summed E-state index contributed by atoms with van der Waals surface area (Å²) in [5.41, 5.74) is 9.39. The molecule has 1 heterocycles. The first-order valence-corrected chi connectivity index (χ1v) is 4.31. The van der Waals surface area contributed by atoms with Gasteiger partial charge in [-0.05, 0) is 0 Å². The molecule has 7 nitrogen and oxygen atoms in total. The minimum absolute atomic E-state index is 0.0509. The predicted molar refractivity (Wildman–Crippen MR) is 50.0 cm³/mol. The average molecular weight is 215 g/mol. The van der Waals surface area contributed by atoms with Crippen molar-refractivity contribution >= 4 is 23.6 Å². The number of nitrogens with two attached hydrogens (primary N) is 2. The van der Waals surface area contributed by atoms with Gasteiger partial charge in [0, 0.05) is 25.7 Å². The third-order valence-electron chi connectivity index (χ3n) is 1.48. The number of rotatable bonds is 3. The van der Waals surface area contributed by atoms with Crippen LogP contribution in [-0.2, 0) is 19.2 Å². The third kappa shape index (κ3) is 8.41. The van der Waals surface area contributed by atoms with Gasteiger partial charge in [-0.3, -0.25) is 24.5 Å². The summed E-state index contributed by atoms with van der Waals surface area (Å²) < 4.78 is 0. The van der Waals surface area contributed by atoms with Crippen LogP contribution in [0, 0.1) is 0 Å². The second-order valence-electron chi connectivity index (χ2n) is 2.90. The van der Waals surface area contributed by atoms with E-state index in [1.165, 1.54) is 0 Å². The Morgan fingerprint density at radius 2 is 1.33 bits per heavy atom. The number of nitrogens with one attached hydrogen (secondary N) is 1. The molecular formula is C8H13N3O4. The maximum atomic E-state index is 10.1. The minimum Gasteiger partial charge on any atom is -0.370 e. The molecule has 4 amide bonds. The van der Waals surface area contributed by atoms with Gasteiger partial charge in [0.2, 0.25) is 23.6 Å². The van der Waals surface area contributed by atoms with Gasteiger partial charge in [-0.25, -0.2) is 0 Å². The Hall–Kier alpha value is -1.92. The van der Waals surface area contributed by atoms with Crippen molar-refractivity contribution in [2.75, 3.05) is 0 Å². The fourth-order valence-electron chi connectivity index (χ4n) is 0.754. The van der Waals surface area contributed by atoms with E-state index >= 15 is 0 Å². The fourth-order valence-corrected chi connectivity index (χ4v) is 0.754. The van der Waals surface area contributed by atoms with Crippen LogP contribution in [0.3, 0.4) is 0 Å².